The van der Waals surface area contributed by atoms with Gasteiger partial charge in [0.1, 0.15) is 11.5 Å². The van der Waals surface area contributed by atoms with Gasteiger partial charge in [0, 0.05) is 37.2 Å². The highest BCUT2D eigenvalue weighted by Gasteiger charge is 2.35. The van der Waals surface area contributed by atoms with Gasteiger partial charge in [-0.2, -0.15) is 4.98 Å². The van der Waals surface area contributed by atoms with E-state index < -0.39 is 5.92 Å². The predicted molar refractivity (Wildman–Crippen MR) is 113 cm³/mol. The Morgan fingerprint density at radius 3 is 2.74 bits per heavy atom. The number of hydrogen-bond acceptors (Lipinski definition) is 7. The molecule has 0 aliphatic carbocycles. The van der Waals surface area contributed by atoms with Crippen molar-refractivity contribution in [2.24, 2.45) is 5.92 Å². The van der Waals surface area contributed by atoms with Gasteiger partial charge < -0.3 is 24.2 Å². The Labute approximate surface area is 179 Å². The number of benzene rings is 2. The van der Waals surface area contributed by atoms with Gasteiger partial charge >= 0.3 is 0 Å². The molecule has 1 aliphatic rings. The first kappa shape index (κ1) is 20.4. The number of aryl methyl sites for hydroxylation is 1. The quantitative estimate of drug-likeness (QED) is 0.651. The van der Waals surface area contributed by atoms with Crippen LogP contribution in [0.4, 0.5) is 11.4 Å². The number of rotatable bonds is 6. The second kappa shape index (κ2) is 8.47. The van der Waals surface area contributed by atoms with Gasteiger partial charge in [-0.25, -0.2) is 0 Å². The van der Waals surface area contributed by atoms with E-state index in [0.717, 1.165) is 5.56 Å². The third-order valence-electron chi connectivity index (χ3n) is 5.11. The van der Waals surface area contributed by atoms with Crippen LogP contribution in [-0.4, -0.2) is 42.7 Å². The first-order chi connectivity index (χ1) is 15.0. The first-order valence-corrected chi connectivity index (χ1v) is 9.72. The number of ether oxygens (including phenoxy) is 2. The van der Waals surface area contributed by atoms with E-state index >= 15 is 0 Å². The fourth-order valence-electron chi connectivity index (χ4n) is 3.50. The van der Waals surface area contributed by atoms with Gasteiger partial charge in [0.2, 0.25) is 23.5 Å². The number of carbonyl (C=O) groups excluding carboxylic acids is 2. The lowest BCUT2D eigenvalue weighted by Crippen LogP contribution is -2.28. The summed E-state index contributed by atoms with van der Waals surface area (Å²) in [5, 5.41) is 6.77. The summed E-state index contributed by atoms with van der Waals surface area (Å²) in [6.45, 7) is 1.99. The van der Waals surface area contributed by atoms with Gasteiger partial charge in [-0.15, -0.1) is 0 Å². The standard InChI is InChI=1S/C22H22N4O5/c1-13-23-21(25-31-13)14-5-4-6-16(9-14)26-12-15(10-20(26)27)22(28)24-18-8-7-17(29-2)11-19(18)30-3/h4-9,11,15H,10,12H2,1-3H3,(H,24,28). The Hall–Kier alpha value is -3.88. The molecule has 2 heterocycles. The van der Waals surface area contributed by atoms with E-state index in [4.69, 9.17) is 14.0 Å². The van der Waals surface area contributed by atoms with Crippen LogP contribution in [0.25, 0.3) is 11.4 Å². The monoisotopic (exact) mass is 422 g/mol. The number of aromatic nitrogens is 2. The molecule has 1 atom stereocenters. The van der Waals surface area contributed by atoms with Gasteiger partial charge in [0.25, 0.3) is 0 Å². The average molecular weight is 422 g/mol. The molecule has 1 unspecified atom stereocenters. The second-order valence-electron chi connectivity index (χ2n) is 7.15. The Morgan fingerprint density at radius 1 is 1.19 bits per heavy atom. The van der Waals surface area contributed by atoms with Crippen molar-refractivity contribution >= 4 is 23.2 Å². The third-order valence-corrected chi connectivity index (χ3v) is 5.11. The minimum Gasteiger partial charge on any atom is -0.497 e. The minimum absolute atomic E-state index is 0.121. The number of nitrogens with one attached hydrogen (secondary N) is 1. The lowest BCUT2D eigenvalue weighted by molar-refractivity contribution is -0.122. The van der Waals surface area contributed by atoms with Crippen LogP contribution in [0, 0.1) is 12.8 Å². The maximum absolute atomic E-state index is 12.8. The number of methoxy groups -OCH3 is 2. The molecule has 9 heteroatoms. The van der Waals surface area contributed by atoms with Gasteiger partial charge in [-0.05, 0) is 24.3 Å². The number of anilines is 2. The summed E-state index contributed by atoms with van der Waals surface area (Å²) in [6, 6.07) is 12.4. The molecule has 1 aliphatic heterocycles. The van der Waals surface area contributed by atoms with Gasteiger partial charge in [-0.3, -0.25) is 9.59 Å². The average Bonchev–Trinajstić information content (AvgIpc) is 3.40. The molecule has 3 aromatic rings. The lowest BCUT2D eigenvalue weighted by Gasteiger charge is -2.18. The number of nitrogens with zero attached hydrogens (tertiary/aromatic N) is 3. The Morgan fingerprint density at radius 2 is 2.03 bits per heavy atom. The maximum atomic E-state index is 12.8. The van der Waals surface area contributed by atoms with Crippen molar-refractivity contribution in [3.8, 4) is 22.9 Å². The zero-order chi connectivity index (χ0) is 22.0. The van der Waals surface area contributed by atoms with Crippen molar-refractivity contribution in [3.63, 3.8) is 0 Å². The first-order valence-electron chi connectivity index (χ1n) is 9.72. The van der Waals surface area contributed by atoms with Crippen LogP contribution in [0.15, 0.2) is 47.0 Å². The summed E-state index contributed by atoms with van der Waals surface area (Å²) in [6.07, 6.45) is 0.121. The largest absolute Gasteiger partial charge is 0.497 e. The van der Waals surface area contributed by atoms with Gasteiger partial charge in [-0.1, -0.05) is 17.3 Å². The van der Waals surface area contributed by atoms with Crippen LogP contribution in [0.5, 0.6) is 11.5 Å². The molecule has 2 aromatic carbocycles. The highest BCUT2D eigenvalue weighted by molar-refractivity contribution is 6.04. The molecule has 1 fully saturated rings. The van der Waals surface area contributed by atoms with Gasteiger partial charge in [0.05, 0.1) is 25.8 Å². The van der Waals surface area contributed by atoms with Crippen molar-refractivity contribution in [2.45, 2.75) is 13.3 Å². The normalized spacial score (nSPS) is 15.8. The molecule has 1 N–H and O–H groups in total. The summed E-state index contributed by atoms with van der Waals surface area (Å²) in [5.41, 5.74) is 1.94. The van der Waals surface area contributed by atoms with E-state index in [1.807, 2.05) is 24.3 Å². The van der Waals surface area contributed by atoms with Crippen LogP contribution in [0.1, 0.15) is 12.3 Å². The minimum atomic E-state index is -0.490. The zero-order valence-corrected chi connectivity index (χ0v) is 17.4. The Balaban J connectivity index is 1.49. The summed E-state index contributed by atoms with van der Waals surface area (Å²) >= 11 is 0. The molecule has 0 spiro atoms. The van der Waals surface area contributed by atoms with E-state index in [9.17, 15) is 9.59 Å². The molecule has 9 nitrogen and oxygen atoms in total. The molecule has 4 rings (SSSR count). The SMILES string of the molecule is COc1ccc(NC(=O)C2CC(=O)N(c3cccc(-c4noc(C)n4)c3)C2)c(OC)c1. The van der Waals surface area contributed by atoms with Gasteiger partial charge in [0.15, 0.2) is 0 Å². The fraction of sp³-hybridized carbons (Fsp3) is 0.273. The predicted octanol–water partition coefficient (Wildman–Crippen LogP) is 3.05. The van der Waals surface area contributed by atoms with E-state index in [1.165, 1.54) is 7.11 Å². The highest BCUT2D eigenvalue weighted by Crippen LogP contribution is 2.32. The van der Waals surface area contributed by atoms with E-state index in [1.54, 1.807) is 37.1 Å². The Bertz CT molecular complexity index is 1130. The summed E-state index contributed by atoms with van der Waals surface area (Å²) in [5.74, 6) is 1.16. The fourth-order valence-corrected chi connectivity index (χ4v) is 3.50. The number of hydrogen-bond donors (Lipinski definition) is 1. The van der Waals surface area contributed by atoms with E-state index in [0.29, 0.717) is 34.6 Å². The molecule has 160 valence electrons. The maximum Gasteiger partial charge on any atom is 0.229 e. The molecule has 31 heavy (non-hydrogen) atoms. The van der Waals surface area contributed by atoms with Crippen LogP contribution >= 0.6 is 0 Å². The lowest BCUT2D eigenvalue weighted by atomic mass is 10.1. The van der Waals surface area contributed by atoms with Crippen LogP contribution in [0.3, 0.4) is 0 Å². The summed E-state index contributed by atoms with van der Waals surface area (Å²) < 4.78 is 15.5. The van der Waals surface area contributed by atoms with E-state index in [-0.39, 0.29) is 24.8 Å². The van der Waals surface area contributed by atoms with Crippen molar-refractivity contribution < 1.29 is 23.6 Å². The van der Waals surface area contributed by atoms with Crippen LogP contribution < -0.4 is 19.7 Å². The third kappa shape index (κ3) is 4.20. The van der Waals surface area contributed by atoms with Crippen LogP contribution in [-0.2, 0) is 9.59 Å². The molecular formula is C22H22N4O5. The molecule has 0 radical (unpaired) electrons. The van der Waals surface area contributed by atoms with Crippen molar-refractivity contribution in [2.75, 3.05) is 31.0 Å². The summed E-state index contributed by atoms with van der Waals surface area (Å²) in [7, 11) is 3.07. The van der Waals surface area contributed by atoms with E-state index in [2.05, 4.69) is 15.5 Å². The topological polar surface area (TPSA) is 107 Å². The summed E-state index contributed by atoms with van der Waals surface area (Å²) in [4.78, 5) is 31.3. The molecule has 2 amide bonds. The Kier molecular flexibility index (Phi) is 5.57. The second-order valence-corrected chi connectivity index (χ2v) is 7.15. The molecule has 0 bridgehead atoms. The zero-order valence-electron chi connectivity index (χ0n) is 17.4. The highest BCUT2D eigenvalue weighted by atomic mass is 16.5. The molecule has 1 saturated heterocycles. The number of carbonyl (C=O) groups is 2. The van der Waals surface area contributed by atoms with Crippen molar-refractivity contribution in [1.29, 1.82) is 0 Å². The molecule has 1 aromatic heterocycles. The smallest absolute Gasteiger partial charge is 0.229 e. The molecule has 0 saturated carbocycles. The number of amides is 2. The molecular weight excluding hydrogens is 400 g/mol. The van der Waals surface area contributed by atoms with Crippen LogP contribution in [0.2, 0.25) is 0 Å². The van der Waals surface area contributed by atoms with Crippen molar-refractivity contribution in [1.82, 2.24) is 10.1 Å². The van der Waals surface area contributed by atoms with Crippen molar-refractivity contribution in [3.05, 3.63) is 48.4 Å².